The van der Waals surface area contributed by atoms with Gasteiger partial charge in [0, 0.05) is 37.9 Å². The lowest BCUT2D eigenvalue weighted by Gasteiger charge is -2.35. The largest absolute Gasteiger partial charge is 0.353 e. The van der Waals surface area contributed by atoms with Crippen LogP contribution in [0, 0.1) is 6.92 Å². The van der Waals surface area contributed by atoms with Gasteiger partial charge in [-0.1, -0.05) is 23.4 Å². The second-order valence-corrected chi connectivity index (χ2v) is 6.25. The van der Waals surface area contributed by atoms with Gasteiger partial charge in [-0.2, -0.15) is 0 Å². The molecule has 0 bridgehead atoms. The number of thioether (sulfide) groups is 1. The van der Waals surface area contributed by atoms with Crippen LogP contribution in [0.5, 0.6) is 0 Å². The maximum Gasteiger partial charge on any atom is 0.225 e. The average Bonchev–Trinajstić information content (AvgIpc) is 2.56. The van der Waals surface area contributed by atoms with Crippen molar-refractivity contribution in [1.82, 2.24) is 19.9 Å². The highest BCUT2D eigenvalue weighted by Gasteiger charge is 2.21. The average molecular weight is 337 g/mol. The van der Waals surface area contributed by atoms with Gasteiger partial charge in [0.2, 0.25) is 5.95 Å². The van der Waals surface area contributed by atoms with Gasteiger partial charge in [0.05, 0.1) is 17.4 Å². The first-order chi connectivity index (χ1) is 10.7. The molecule has 0 spiro atoms. The second-order valence-electron chi connectivity index (χ2n) is 5.04. The van der Waals surface area contributed by atoms with Crippen LogP contribution >= 0.6 is 23.4 Å². The smallest absolute Gasteiger partial charge is 0.225 e. The first kappa shape index (κ1) is 15.3. The third-order valence-electron chi connectivity index (χ3n) is 3.57. The number of aryl methyl sites for hydroxylation is 1. The highest BCUT2D eigenvalue weighted by molar-refractivity contribution is 7.98. The van der Waals surface area contributed by atoms with Crippen molar-refractivity contribution >= 4 is 35.1 Å². The number of hydrogen-bond donors (Lipinski definition) is 0. The summed E-state index contributed by atoms with van der Waals surface area (Å²) in [5.74, 6) is 1.75. The molecule has 3 heterocycles. The molecule has 1 fully saturated rings. The summed E-state index contributed by atoms with van der Waals surface area (Å²) in [6.07, 6.45) is 7.15. The van der Waals surface area contributed by atoms with Crippen LogP contribution in [-0.4, -0.2) is 52.4 Å². The van der Waals surface area contributed by atoms with Crippen molar-refractivity contribution in [3.05, 3.63) is 29.2 Å². The molecule has 2 aromatic heterocycles. The normalized spacial score (nSPS) is 15.2. The minimum atomic E-state index is 0.559. The van der Waals surface area contributed by atoms with E-state index in [4.69, 9.17) is 11.6 Å². The summed E-state index contributed by atoms with van der Waals surface area (Å²) < 4.78 is 0. The molecule has 0 radical (unpaired) electrons. The van der Waals surface area contributed by atoms with Gasteiger partial charge in [-0.3, -0.25) is 0 Å². The van der Waals surface area contributed by atoms with E-state index >= 15 is 0 Å². The zero-order valence-electron chi connectivity index (χ0n) is 12.5. The highest BCUT2D eigenvalue weighted by atomic mass is 35.5. The molecule has 8 heteroatoms. The summed E-state index contributed by atoms with van der Waals surface area (Å²) in [7, 11) is 0. The monoisotopic (exact) mass is 336 g/mol. The minimum absolute atomic E-state index is 0.559. The fraction of sp³-hybridized carbons (Fsp3) is 0.429. The second kappa shape index (κ2) is 6.66. The van der Waals surface area contributed by atoms with Crippen molar-refractivity contribution in [3.8, 4) is 0 Å². The Kier molecular flexibility index (Phi) is 4.63. The van der Waals surface area contributed by atoms with Gasteiger partial charge in [-0.25, -0.2) is 19.9 Å². The van der Waals surface area contributed by atoms with E-state index in [0.29, 0.717) is 5.02 Å². The molecule has 0 unspecified atom stereocenters. The molecule has 3 rings (SSSR count). The number of nitrogens with zero attached hydrogens (tertiary/aromatic N) is 6. The molecule has 1 aliphatic heterocycles. The van der Waals surface area contributed by atoms with E-state index in [1.807, 2.05) is 19.4 Å². The topological polar surface area (TPSA) is 58.0 Å². The number of aromatic nitrogens is 4. The van der Waals surface area contributed by atoms with Gasteiger partial charge in [-0.05, 0) is 13.2 Å². The molecule has 1 saturated heterocycles. The molecule has 0 atom stereocenters. The van der Waals surface area contributed by atoms with E-state index in [2.05, 4.69) is 29.7 Å². The molecule has 6 nitrogen and oxygen atoms in total. The number of hydrogen-bond acceptors (Lipinski definition) is 7. The molecule has 0 saturated carbocycles. The molecule has 116 valence electrons. The van der Waals surface area contributed by atoms with Crippen LogP contribution in [-0.2, 0) is 0 Å². The first-order valence-electron chi connectivity index (χ1n) is 7.02. The zero-order chi connectivity index (χ0) is 15.5. The lowest BCUT2D eigenvalue weighted by atomic mass is 10.2. The van der Waals surface area contributed by atoms with Crippen molar-refractivity contribution in [3.63, 3.8) is 0 Å². The first-order valence-corrected chi connectivity index (χ1v) is 8.62. The Morgan fingerprint density at radius 3 is 2.27 bits per heavy atom. The Bertz CT molecular complexity index is 642. The number of piperazine rings is 1. The van der Waals surface area contributed by atoms with Crippen LogP contribution < -0.4 is 9.80 Å². The summed E-state index contributed by atoms with van der Waals surface area (Å²) >= 11 is 7.39. The van der Waals surface area contributed by atoms with Crippen LogP contribution in [0.1, 0.15) is 5.56 Å². The molecule has 2 aromatic rings. The lowest BCUT2D eigenvalue weighted by molar-refractivity contribution is 0.629. The van der Waals surface area contributed by atoms with Crippen molar-refractivity contribution < 1.29 is 0 Å². The standard InChI is InChI=1S/C14H17ClN6S/c1-10-7-18-14(22-2)19-12(10)20-3-5-21(6-4-20)13-16-8-11(15)9-17-13/h7-9H,3-6H2,1-2H3. The predicted molar refractivity (Wildman–Crippen MR) is 90.0 cm³/mol. The summed E-state index contributed by atoms with van der Waals surface area (Å²) in [4.78, 5) is 22.0. The number of halogens is 1. The third-order valence-corrected chi connectivity index (χ3v) is 4.33. The van der Waals surface area contributed by atoms with E-state index in [0.717, 1.165) is 48.7 Å². The summed E-state index contributed by atoms with van der Waals surface area (Å²) in [6, 6.07) is 0. The van der Waals surface area contributed by atoms with Crippen LogP contribution in [0.25, 0.3) is 0 Å². The van der Waals surface area contributed by atoms with E-state index in [9.17, 15) is 0 Å². The predicted octanol–water partition coefficient (Wildman–Crippen LogP) is 2.28. The molecule has 0 aliphatic carbocycles. The molecule has 0 N–H and O–H groups in total. The Labute approximate surface area is 138 Å². The molecule has 1 aliphatic rings. The third kappa shape index (κ3) is 3.25. The van der Waals surface area contributed by atoms with Crippen LogP contribution in [0.2, 0.25) is 5.02 Å². The van der Waals surface area contributed by atoms with Gasteiger partial charge in [0.15, 0.2) is 5.16 Å². The maximum atomic E-state index is 5.83. The zero-order valence-corrected chi connectivity index (χ0v) is 14.1. The SMILES string of the molecule is CSc1ncc(C)c(N2CCN(c3ncc(Cl)cn3)CC2)n1. The molecular formula is C14H17ClN6S. The minimum Gasteiger partial charge on any atom is -0.353 e. The maximum absolute atomic E-state index is 5.83. The molecule has 22 heavy (non-hydrogen) atoms. The van der Waals surface area contributed by atoms with E-state index in [1.54, 1.807) is 24.2 Å². The summed E-state index contributed by atoms with van der Waals surface area (Å²) in [5.41, 5.74) is 1.11. The van der Waals surface area contributed by atoms with E-state index in [-0.39, 0.29) is 0 Å². The van der Waals surface area contributed by atoms with Crippen molar-refractivity contribution in [2.45, 2.75) is 12.1 Å². The van der Waals surface area contributed by atoms with Gasteiger partial charge in [0.25, 0.3) is 0 Å². The van der Waals surface area contributed by atoms with Crippen molar-refractivity contribution in [2.75, 3.05) is 42.2 Å². The Morgan fingerprint density at radius 2 is 1.64 bits per heavy atom. The van der Waals surface area contributed by atoms with Crippen LogP contribution in [0.3, 0.4) is 0 Å². The van der Waals surface area contributed by atoms with Crippen LogP contribution in [0.15, 0.2) is 23.7 Å². The fourth-order valence-corrected chi connectivity index (χ4v) is 2.86. The quantitative estimate of drug-likeness (QED) is 0.629. The lowest BCUT2D eigenvalue weighted by Crippen LogP contribution is -2.47. The Morgan fingerprint density at radius 1 is 1.00 bits per heavy atom. The molecule has 0 aromatic carbocycles. The van der Waals surface area contributed by atoms with Gasteiger partial charge < -0.3 is 9.80 Å². The van der Waals surface area contributed by atoms with Gasteiger partial charge in [-0.15, -0.1) is 0 Å². The number of anilines is 2. The fourth-order valence-electron chi connectivity index (χ4n) is 2.42. The number of rotatable bonds is 3. The molecular weight excluding hydrogens is 320 g/mol. The Balaban J connectivity index is 1.70. The van der Waals surface area contributed by atoms with E-state index in [1.165, 1.54) is 0 Å². The van der Waals surface area contributed by atoms with Crippen molar-refractivity contribution in [2.24, 2.45) is 0 Å². The summed E-state index contributed by atoms with van der Waals surface area (Å²) in [6.45, 7) is 5.54. The van der Waals surface area contributed by atoms with Gasteiger partial charge >= 0.3 is 0 Å². The van der Waals surface area contributed by atoms with E-state index < -0.39 is 0 Å². The van der Waals surface area contributed by atoms with Crippen LogP contribution in [0.4, 0.5) is 11.8 Å². The highest BCUT2D eigenvalue weighted by Crippen LogP contribution is 2.22. The summed E-state index contributed by atoms with van der Waals surface area (Å²) in [5, 5.41) is 1.37. The molecule has 0 amide bonds. The Hall–Kier alpha value is -1.60. The van der Waals surface area contributed by atoms with Gasteiger partial charge in [0.1, 0.15) is 5.82 Å². The van der Waals surface area contributed by atoms with Crippen molar-refractivity contribution in [1.29, 1.82) is 0 Å².